The van der Waals surface area contributed by atoms with E-state index in [0.717, 1.165) is 12.3 Å². The first kappa shape index (κ1) is 17.2. The van der Waals surface area contributed by atoms with E-state index in [1.54, 1.807) is 0 Å². The summed E-state index contributed by atoms with van der Waals surface area (Å²) in [5.41, 5.74) is -0.336. The molecule has 2 aliphatic carbocycles. The molecule has 1 atom stereocenters. The number of carbonyl (C=O) groups excluding carboxylic acids is 1. The van der Waals surface area contributed by atoms with Gasteiger partial charge in [-0.2, -0.15) is 0 Å². The zero-order chi connectivity index (χ0) is 16.1. The third kappa shape index (κ3) is 2.45. The first-order valence-corrected chi connectivity index (χ1v) is 8.79. The molecule has 1 unspecified atom stereocenters. The topological polar surface area (TPSA) is 26.3 Å². The molecule has 0 N–H and O–H groups in total. The highest BCUT2D eigenvalue weighted by Gasteiger charge is 2.62. The van der Waals surface area contributed by atoms with Crippen LogP contribution in [0.3, 0.4) is 0 Å². The molecule has 0 heterocycles. The van der Waals surface area contributed by atoms with Crippen molar-refractivity contribution in [3.63, 3.8) is 0 Å². The molecule has 0 saturated heterocycles. The monoisotopic (exact) mass is 307 g/mol. The third-order valence-corrected chi connectivity index (χ3v) is 7.51. The summed E-state index contributed by atoms with van der Waals surface area (Å²) in [6, 6.07) is 0. The Kier molecular flexibility index (Phi) is 4.25. The summed E-state index contributed by atoms with van der Waals surface area (Å²) in [7, 11) is 3.34. The largest absolute Gasteiger partial charge is 0.412 e. The quantitative estimate of drug-likeness (QED) is 0.669. The maximum Gasteiger partial charge on any atom is 0.247 e. The Hall–Kier alpha value is -0.153. The van der Waals surface area contributed by atoms with Crippen molar-refractivity contribution in [2.24, 2.45) is 22.2 Å². The minimum atomic E-state index is -0.429. The lowest BCUT2D eigenvalue weighted by molar-refractivity contribution is -0.185. The molecule has 0 aromatic carbocycles. The van der Waals surface area contributed by atoms with Gasteiger partial charge in [-0.15, -0.1) is 0 Å². The first-order valence-electron chi connectivity index (χ1n) is 8.38. The predicted octanol–water partition coefficient (Wildman–Crippen LogP) is 4.46. The van der Waals surface area contributed by atoms with Crippen LogP contribution in [-0.4, -0.2) is 21.9 Å². The molecule has 2 fully saturated rings. The lowest BCUT2D eigenvalue weighted by atomic mass is 9.47. The number of Topliss-reactive ketones (excluding diaryl/α,β-unsaturated/α-hetero) is 1. The summed E-state index contributed by atoms with van der Waals surface area (Å²) in [5, 5.41) is 0. The number of ketones is 1. The lowest BCUT2D eigenvalue weighted by Gasteiger charge is -2.61. The average Bonchev–Trinajstić information content (AvgIpc) is 2.41. The van der Waals surface area contributed by atoms with Crippen LogP contribution in [0, 0.1) is 22.2 Å². The molecule has 3 radical (unpaired) electrons. The molecule has 21 heavy (non-hydrogen) atoms. The zero-order valence-electron chi connectivity index (χ0n) is 14.6. The van der Waals surface area contributed by atoms with E-state index in [1.165, 1.54) is 25.7 Å². The van der Waals surface area contributed by atoms with Crippen molar-refractivity contribution in [2.75, 3.05) is 0 Å². The van der Waals surface area contributed by atoms with Gasteiger partial charge in [-0.1, -0.05) is 34.6 Å². The Morgan fingerprint density at radius 1 is 1.10 bits per heavy atom. The van der Waals surface area contributed by atoms with E-state index < -0.39 is 11.0 Å². The minimum Gasteiger partial charge on any atom is -0.412 e. The van der Waals surface area contributed by atoms with Crippen LogP contribution < -0.4 is 0 Å². The zero-order valence-corrected chi connectivity index (χ0v) is 15.6. The Morgan fingerprint density at radius 3 is 2.05 bits per heavy atom. The molecule has 2 nitrogen and oxygen atoms in total. The highest BCUT2D eigenvalue weighted by Crippen LogP contribution is 2.61. The van der Waals surface area contributed by atoms with Crippen molar-refractivity contribution in [3.05, 3.63) is 0 Å². The third-order valence-electron chi connectivity index (χ3n) is 7.10. The molecule has 2 saturated carbocycles. The molecule has 2 rings (SSSR count). The van der Waals surface area contributed by atoms with Gasteiger partial charge in [-0.05, 0) is 55.8 Å². The van der Waals surface area contributed by atoms with Crippen molar-refractivity contribution < 1.29 is 9.22 Å². The normalized spacial score (nSPS) is 40.5. The van der Waals surface area contributed by atoms with Crippen molar-refractivity contribution in [1.82, 2.24) is 0 Å². The van der Waals surface area contributed by atoms with Gasteiger partial charge >= 0.3 is 0 Å². The number of hydrogen-bond donors (Lipinski definition) is 0. The number of hydrogen-bond acceptors (Lipinski definition) is 2. The summed E-state index contributed by atoms with van der Waals surface area (Å²) in [6.07, 6.45) is 6.53. The van der Waals surface area contributed by atoms with Gasteiger partial charge < -0.3 is 4.43 Å². The Balaban J connectivity index is 2.29. The van der Waals surface area contributed by atoms with Crippen molar-refractivity contribution in [2.45, 2.75) is 85.7 Å². The highest BCUT2D eigenvalue weighted by atomic mass is 28.2. The smallest absolute Gasteiger partial charge is 0.247 e. The van der Waals surface area contributed by atoms with Gasteiger partial charge in [0.1, 0.15) is 5.78 Å². The Labute approximate surface area is 134 Å². The number of carbonyl (C=O) groups is 1. The predicted molar refractivity (Wildman–Crippen MR) is 87.1 cm³/mol. The van der Waals surface area contributed by atoms with Crippen LogP contribution >= 0.6 is 0 Å². The van der Waals surface area contributed by atoms with E-state index in [2.05, 4.69) is 52.0 Å². The van der Waals surface area contributed by atoms with Gasteiger partial charge in [0.25, 0.3) is 0 Å². The SMILES string of the molecule is CC(C)(C)C1CCC2(CCC(=O)C(C)(C)C2(C)O[Si])CC1. The van der Waals surface area contributed by atoms with Crippen LogP contribution in [0.4, 0.5) is 0 Å². The van der Waals surface area contributed by atoms with Crippen LogP contribution in [0.2, 0.25) is 0 Å². The summed E-state index contributed by atoms with van der Waals surface area (Å²) in [4.78, 5) is 12.4. The molecule has 2 aliphatic rings. The second-order valence-corrected chi connectivity index (χ2v) is 9.31. The first-order chi connectivity index (χ1) is 9.50. The van der Waals surface area contributed by atoms with Crippen LogP contribution in [0.25, 0.3) is 0 Å². The average molecular weight is 308 g/mol. The molecular weight excluding hydrogens is 276 g/mol. The van der Waals surface area contributed by atoms with E-state index in [1.807, 2.05) is 0 Å². The second kappa shape index (κ2) is 5.19. The van der Waals surface area contributed by atoms with Crippen LogP contribution in [-0.2, 0) is 9.22 Å². The van der Waals surface area contributed by atoms with E-state index >= 15 is 0 Å². The van der Waals surface area contributed by atoms with E-state index in [-0.39, 0.29) is 5.41 Å². The Bertz CT molecular complexity index is 413. The van der Waals surface area contributed by atoms with E-state index in [4.69, 9.17) is 4.43 Å². The van der Waals surface area contributed by atoms with E-state index in [9.17, 15) is 4.79 Å². The summed E-state index contributed by atoms with van der Waals surface area (Å²) in [5.74, 6) is 1.12. The van der Waals surface area contributed by atoms with Crippen LogP contribution in [0.5, 0.6) is 0 Å². The van der Waals surface area contributed by atoms with Gasteiger partial charge in [-0.25, -0.2) is 0 Å². The molecule has 0 bridgehead atoms. The highest BCUT2D eigenvalue weighted by molar-refractivity contribution is 5.99. The minimum absolute atomic E-state index is 0.133. The van der Waals surface area contributed by atoms with Gasteiger partial charge in [0.2, 0.25) is 10.5 Å². The maximum absolute atomic E-state index is 12.4. The van der Waals surface area contributed by atoms with Crippen LogP contribution in [0.1, 0.15) is 80.1 Å². The fourth-order valence-corrected chi connectivity index (χ4v) is 5.30. The van der Waals surface area contributed by atoms with Gasteiger partial charge in [0.15, 0.2) is 0 Å². The summed E-state index contributed by atoms with van der Waals surface area (Å²) < 4.78 is 5.86. The van der Waals surface area contributed by atoms with Crippen molar-refractivity contribution in [1.29, 1.82) is 0 Å². The molecule has 119 valence electrons. The molecule has 3 heteroatoms. The molecule has 0 aromatic rings. The van der Waals surface area contributed by atoms with Gasteiger partial charge in [0.05, 0.1) is 11.0 Å². The summed E-state index contributed by atoms with van der Waals surface area (Å²) >= 11 is 0. The molecule has 0 aromatic heterocycles. The Morgan fingerprint density at radius 2 is 1.62 bits per heavy atom. The van der Waals surface area contributed by atoms with Gasteiger partial charge in [-0.3, -0.25) is 4.79 Å². The van der Waals surface area contributed by atoms with Gasteiger partial charge in [0, 0.05) is 6.42 Å². The standard InChI is InChI=1S/C18H31O2Si/c1-15(2,3)13-7-10-18(11-8-13)12-9-14(19)16(4,5)17(18,6)20-21/h13H,7-12H2,1-6H3. The van der Waals surface area contributed by atoms with E-state index in [0.29, 0.717) is 17.6 Å². The van der Waals surface area contributed by atoms with Crippen molar-refractivity contribution in [3.8, 4) is 0 Å². The van der Waals surface area contributed by atoms with Crippen LogP contribution in [0.15, 0.2) is 0 Å². The second-order valence-electron chi connectivity index (χ2n) is 9.10. The molecular formula is C18H31O2Si. The fourth-order valence-electron chi connectivity index (χ4n) is 4.83. The lowest BCUT2D eigenvalue weighted by Crippen LogP contribution is -2.64. The number of rotatable bonds is 1. The van der Waals surface area contributed by atoms with Crippen molar-refractivity contribution >= 4 is 16.3 Å². The molecule has 0 amide bonds. The fraction of sp³-hybridized carbons (Fsp3) is 0.944. The molecule has 1 spiro atoms. The maximum atomic E-state index is 12.4. The summed E-state index contributed by atoms with van der Waals surface area (Å²) in [6.45, 7) is 13.3. The molecule has 0 aliphatic heterocycles.